The summed E-state index contributed by atoms with van der Waals surface area (Å²) in [6.45, 7) is 13.2. The molecular formula is C17H34N2O. The zero-order valence-corrected chi connectivity index (χ0v) is 14.0. The highest BCUT2D eigenvalue weighted by Gasteiger charge is 2.58. The molecule has 0 bridgehead atoms. The van der Waals surface area contributed by atoms with Crippen LogP contribution in [-0.4, -0.2) is 42.8 Å². The Morgan fingerprint density at radius 3 is 2.35 bits per heavy atom. The second-order valence-corrected chi connectivity index (χ2v) is 7.53. The van der Waals surface area contributed by atoms with Crippen LogP contribution in [0.3, 0.4) is 0 Å². The number of ether oxygens (including phenoxy) is 1. The van der Waals surface area contributed by atoms with Crippen molar-refractivity contribution in [1.29, 1.82) is 0 Å². The van der Waals surface area contributed by atoms with Crippen LogP contribution < -0.4 is 5.73 Å². The highest BCUT2D eigenvalue weighted by atomic mass is 16.5. The number of likely N-dealkylation sites (tertiary alicyclic amines) is 1. The summed E-state index contributed by atoms with van der Waals surface area (Å²) in [6, 6.07) is 0. The molecule has 1 saturated carbocycles. The number of rotatable bonds is 6. The molecule has 0 spiro atoms. The first kappa shape index (κ1) is 16.3. The molecule has 1 saturated heterocycles. The van der Waals surface area contributed by atoms with Crippen molar-refractivity contribution < 1.29 is 4.74 Å². The van der Waals surface area contributed by atoms with Crippen molar-refractivity contribution in [3.05, 3.63) is 0 Å². The second kappa shape index (κ2) is 6.33. The highest BCUT2D eigenvalue weighted by Crippen LogP contribution is 2.50. The molecule has 2 N–H and O–H groups in total. The summed E-state index contributed by atoms with van der Waals surface area (Å²) in [7, 11) is 0. The molecule has 2 atom stereocenters. The van der Waals surface area contributed by atoms with Crippen LogP contribution in [0.1, 0.15) is 59.8 Å². The average molecular weight is 282 g/mol. The summed E-state index contributed by atoms with van der Waals surface area (Å²) < 4.78 is 5.83. The summed E-state index contributed by atoms with van der Waals surface area (Å²) in [4.78, 5) is 2.59. The standard InChI is InChI=1S/C17H34N2O/c1-5-7-14-8-10-19(11-9-14)13-17(18)12-15(20-6-2)16(17,3)4/h14-15H,5-13,18H2,1-4H3. The van der Waals surface area contributed by atoms with E-state index in [1.54, 1.807) is 0 Å². The summed E-state index contributed by atoms with van der Waals surface area (Å²) in [5, 5.41) is 0. The van der Waals surface area contributed by atoms with Gasteiger partial charge in [0.25, 0.3) is 0 Å². The molecule has 3 nitrogen and oxygen atoms in total. The van der Waals surface area contributed by atoms with Gasteiger partial charge < -0.3 is 15.4 Å². The lowest BCUT2D eigenvalue weighted by Gasteiger charge is -2.60. The van der Waals surface area contributed by atoms with Gasteiger partial charge in [-0.3, -0.25) is 0 Å². The Morgan fingerprint density at radius 2 is 1.85 bits per heavy atom. The average Bonchev–Trinajstić information content (AvgIpc) is 2.41. The number of hydrogen-bond acceptors (Lipinski definition) is 3. The van der Waals surface area contributed by atoms with Gasteiger partial charge >= 0.3 is 0 Å². The minimum Gasteiger partial charge on any atom is -0.378 e. The molecule has 2 fully saturated rings. The van der Waals surface area contributed by atoms with Crippen LogP contribution in [0, 0.1) is 11.3 Å². The first-order valence-electron chi connectivity index (χ1n) is 8.55. The van der Waals surface area contributed by atoms with Gasteiger partial charge in [0.15, 0.2) is 0 Å². The molecule has 1 aliphatic carbocycles. The summed E-state index contributed by atoms with van der Waals surface area (Å²) in [5.74, 6) is 0.954. The molecule has 0 radical (unpaired) electrons. The van der Waals surface area contributed by atoms with Crippen molar-refractivity contribution in [3.8, 4) is 0 Å². The quantitative estimate of drug-likeness (QED) is 0.814. The minimum absolute atomic E-state index is 0.0650. The fourth-order valence-electron chi connectivity index (χ4n) is 4.02. The van der Waals surface area contributed by atoms with E-state index in [4.69, 9.17) is 10.5 Å². The van der Waals surface area contributed by atoms with Crippen LogP contribution >= 0.6 is 0 Å². The van der Waals surface area contributed by atoms with E-state index in [1.807, 2.05) is 0 Å². The van der Waals surface area contributed by atoms with E-state index in [0.29, 0.717) is 6.10 Å². The molecule has 0 aromatic rings. The Hall–Kier alpha value is -0.120. The van der Waals surface area contributed by atoms with E-state index >= 15 is 0 Å². The van der Waals surface area contributed by atoms with Crippen LogP contribution in [0.2, 0.25) is 0 Å². The van der Waals surface area contributed by atoms with Crippen molar-refractivity contribution in [1.82, 2.24) is 4.90 Å². The number of piperidine rings is 1. The predicted molar refractivity (Wildman–Crippen MR) is 84.8 cm³/mol. The number of hydrogen-bond donors (Lipinski definition) is 1. The van der Waals surface area contributed by atoms with Gasteiger partial charge in [-0.1, -0.05) is 33.6 Å². The molecule has 2 unspecified atom stereocenters. The van der Waals surface area contributed by atoms with Gasteiger partial charge in [-0.05, 0) is 45.2 Å². The van der Waals surface area contributed by atoms with E-state index in [9.17, 15) is 0 Å². The third-order valence-electron chi connectivity index (χ3n) is 5.92. The molecule has 20 heavy (non-hydrogen) atoms. The SMILES string of the molecule is CCCC1CCN(CC2(N)CC(OCC)C2(C)C)CC1. The maximum absolute atomic E-state index is 6.70. The van der Waals surface area contributed by atoms with Crippen LogP contribution in [0.5, 0.6) is 0 Å². The Balaban J connectivity index is 1.82. The summed E-state index contributed by atoms with van der Waals surface area (Å²) in [5.41, 5.74) is 6.74. The molecule has 3 heteroatoms. The van der Waals surface area contributed by atoms with Gasteiger partial charge in [-0.25, -0.2) is 0 Å². The Kier molecular flexibility index (Phi) is 5.14. The first-order chi connectivity index (χ1) is 9.43. The second-order valence-electron chi connectivity index (χ2n) is 7.53. The summed E-state index contributed by atoms with van der Waals surface area (Å²) >= 11 is 0. The van der Waals surface area contributed by atoms with Gasteiger partial charge in [0.2, 0.25) is 0 Å². The molecule has 0 aromatic carbocycles. The van der Waals surface area contributed by atoms with Crippen LogP contribution in [0.4, 0.5) is 0 Å². The lowest BCUT2D eigenvalue weighted by molar-refractivity contribution is -0.157. The monoisotopic (exact) mass is 282 g/mol. The molecule has 0 aromatic heterocycles. The Morgan fingerprint density at radius 1 is 1.20 bits per heavy atom. The number of nitrogens with zero attached hydrogens (tertiary/aromatic N) is 1. The Bertz CT molecular complexity index is 310. The van der Waals surface area contributed by atoms with Crippen LogP contribution in [-0.2, 0) is 4.74 Å². The lowest BCUT2D eigenvalue weighted by atomic mass is 9.54. The molecular weight excluding hydrogens is 248 g/mol. The van der Waals surface area contributed by atoms with E-state index < -0.39 is 0 Å². The fraction of sp³-hybridized carbons (Fsp3) is 1.00. The first-order valence-corrected chi connectivity index (χ1v) is 8.55. The van der Waals surface area contributed by atoms with Crippen molar-refractivity contribution in [2.45, 2.75) is 71.4 Å². The van der Waals surface area contributed by atoms with E-state index in [-0.39, 0.29) is 11.0 Å². The van der Waals surface area contributed by atoms with Gasteiger partial charge in [0.1, 0.15) is 0 Å². The molecule has 1 aliphatic heterocycles. The smallest absolute Gasteiger partial charge is 0.0662 e. The third-order valence-corrected chi connectivity index (χ3v) is 5.92. The molecule has 1 heterocycles. The Labute approximate surface area is 125 Å². The van der Waals surface area contributed by atoms with Gasteiger partial charge in [0, 0.05) is 24.1 Å². The zero-order valence-electron chi connectivity index (χ0n) is 14.0. The van der Waals surface area contributed by atoms with Gasteiger partial charge in [-0.2, -0.15) is 0 Å². The highest BCUT2D eigenvalue weighted by molar-refractivity contribution is 5.14. The molecule has 2 rings (SSSR count). The normalized spacial score (nSPS) is 35.0. The van der Waals surface area contributed by atoms with Crippen molar-refractivity contribution >= 4 is 0 Å². The van der Waals surface area contributed by atoms with Crippen molar-refractivity contribution in [2.24, 2.45) is 17.1 Å². The van der Waals surface area contributed by atoms with Crippen molar-refractivity contribution in [3.63, 3.8) is 0 Å². The van der Waals surface area contributed by atoms with Crippen LogP contribution in [0.15, 0.2) is 0 Å². The topological polar surface area (TPSA) is 38.5 Å². The number of nitrogens with two attached hydrogens (primary N) is 1. The molecule has 118 valence electrons. The van der Waals surface area contributed by atoms with Gasteiger partial charge in [-0.15, -0.1) is 0 Å². The predicted octanol–water partition coefficient (Wildman–Crippen LogP) is 3.03. The van der Waals surface area contributed by atoms with Crippen molar-refractivity contribution in [2.75, 3.05) is 26.2 Å². The van der Waals surface area contributed by atoms with E-state index in [2.05, 4.69) is 32.6 Å². The van der Waals surface area contributed by atoms with E-state index in [0.717, 1.165) is 25.5 Å². The largest absolute Gasteiger partial charge is 0.378 e. The van der Waals surface area contributed by atoms with Gasteiger partial charge in [0.05, 0.1) is 6.10 Å². The zero-order chi connectivity index (χ0) is 14.8. The fourth-order valence-corrected chi connectivity index (χ4v) is 4.02. The maximum atomic E-state index is 6.70. The van der Waals surface area contributed by atoms with Crippen LogP contribution in [0.25, 0.3) is 0 Å². The van der Waals surface area contributed by atoms with E-state index in [1.165, 1.54) is 38.8 Å². The maximum Gasteiger partial charge on any atom is 0.0662 e. The summed E-state index contributed by atoms with van der Waals surface area (Å²) in [6.07, 6.45) is 6.81. The minimum atomic E-state index is -0.0650. The molecule has 0 amide bonds. The third kappa shape index (κ3) is 3.05. The lowest BCUT2D eigenvalue weighted by Crippen LogP contribution is -2.73. The molecule has 2 aliphatic rings.